The predicted molar refractivity (Wildman–Crippen MR) is 87.2 cm³/mol. The fourth-order valence-electron chi connectivity index (χ4n) is 2.20. The van der Waals surface area contributed by atoms with Gasteiger partial charge in [0.05, 0.1) is 0 Å². The number of carbonyl (C=O) groups excluding carboxylic acids is 2. The van der Waals surface area contributed by atoms with Gasteiger partial charge in [-0.25, -0.2) is 4.39 Å². The minimum atomic E-state index is -0.452. The summed E-state index contributed by atoms with van der Waals surface area (Å²) < 4.78 is 13.1. The van der Waals surface area contributed by atoms with Gasteiger partial charge in [-0.1, -0.05) is 36.4 Å². The van der Waals surface area contributed by atoms with Crippen LogP contribution in [0, 0.1) is 5.82 Å². The molecule has 0 aliphatic rings. The number of rotatable bonds is 6. The van der Waals surface area contributed by atoms with Crippen LogP contribution < -0.4 is 5.32 Å². The van der Waals surface area contributed by atoms with Crippen molar-refractivity contribution in [2.24, 2.45) is 0 Å². The summed E-state index contributed by atoms with van der Waals surface area (Å²) in [4.78, 5) is 25.8. The Kier molecular flexibility index (Phi) is 5.86. The number of halogens is 1. The Morgan fingerprint density at radius 2 is 1.83 bits per heavy atom. The molecule has 2 aromatic rings. The molecule has 0 spiro atoms. The summed E-state index contributed by atoms with van der Waals surface area (Å²) in [6.45, 7) is 2.84. The first-order valence-corrected chi connectivity index (χ1v) is 7.45. The van der Waals surface area contributed by atoms with Gasteiger partial charge >= 0.3 is 0 Å². The van der Waals surface area contributed by atoms with E-state index in [0.29, 0.717) is 18.8 Å². The molecule has 0 fully saturated rings. The summed E-state index contributed by atoms with van der Waals surface area (Å²) in [5, 5.41) is 2.53. The van der Waals surface area contributed by atoms with Gasteiger partial charge in [-0.15, -0.1) is 0 Å². The fourth-order valence-corrected chi connectivity index (χ4v) is 2.20. The maximum Gasteiger partial charge on any atom is 0.233 e. The van der Waals surface area contributed by atoms with Crippen molar-refractivity contribution in [2.75, 3.05) is 11.9 Å². The number of anilines is 1. The lowest BCUT2D eigenvalue weighted by atomic mass is 10.2. The average Bonchev–Trinajstić information content (AvgIpc) is 2.53. The van der Waals surface area contributed by atoms with Crippen molar-refractivity contribution in [3.8, 4) is 0 Å². The lowest BCUT2D eigenvalue weighted by Crippen LogP contribution is -2.33. The second-order valence-electron chi connectivity index (χ2n) is 5.13. The smallest absolute Gasteiger partial charge is 0.233 e. The maximum absolute atomic E-state index is 13.1. The number of nitrogens with zero attached hydrogens (tertiary/aromatic N) is 1. The number of benzene rings is 2. The monoisotopic (exact) mass is 314 g/mol. The van der Waals surface area contributed by atoms with Crippen LogP contribution in [0.1, 0.15) is 18.9 Å². The molecular formula is C18H19FN2O2. The van der Waals surface area contributed by atoms with Gasteiger partial charge in [0.15, 0.2) is 0 Å². The van der Waals surface area contributed by atoms with Gasteiger partial charge in [-0.2, -0.15) is 0 Å². The molecule has 0 aliphatic carbocycles. The van der Waals surface area contributed by atoms with E-state index in [1.165, 1.54) is 18.2 Å². The van der Waals surface area contributed by atoms with Gasteiger partial charge in [0.25, 0.3) is 0 Å². The molecule has 5 heteroatoms. The first-order chi connectivity index (χ1) is 11.1. The number of amides is 2. The van der Waals surface area contributed by atoms with Crippen molar-refractivity contribution >= 4 is 17.5 Å². The minimum absolute atomic E-state index is 0.259. The Balaban J connectivity index is 1.92. The molecule has 0 unspecified atom stereocenters. The predicted octanol–water partition coefficient (Wildman–Crippen LogP) is 3.20. The van der Waals surface area contributed by atoms with E-state index in [4.69, 9.17) is 0 Å². The summed E-state index contributed by atoms with van der Waals surface area (Å²) in [6, 6.07) is 15.2. The number of nitrogens with one attached hydrogen (secondary N) is 1. The largest absolute Gasteiger partial charge is 0.338 e. The van der Waals surface area contributed by atoms with Crippen LogP contribution in [-0.2, 0) is 16.1 Å². The van der Waals surface area contributed by atoms with Crippen molar-refractivity contribution in [1.82, 2.24) is 4.90 Å². The number of hydrogen-bond acceptors (Lipinski definition) is 2. The van der Waals surface area contributed by atoms with Crippen LogP contribution in [0.4, 0.5) is 10.1 Å². The van der Waals surface area contributed by atoms with Crippen molar-refractivity contribution in [1.29, 1.82) is 0 Å². The van der Waals surface area contributed by atoms with Crippen molar-refractivity contribution in [3.05, 3.63) is 66.0 Å². The Morgan fingerprint density at radius 3 is 2.48 bits per heavy atom. The average molecular weight is 314 g/mol. The molecule has 2 amide bonds. The third-order valence-corrected chi connectivity index (χ3v) is 3.37. The Hall–Kier alpha value is -2.69. The van der Waals surface area contributed by atoms with Crippen LogP contribution in [0.25, 0.3) is 0 Å². The maximum atomic E-state index is 13.1. The molecule has 0 bridgehead atoms. The van der Waals surface area contributed by atoms with E-state index < -0.39 is 11.7 Å². The molecule has 2 rings (SSSR count). The van der Waals surface area contributed by atoms with Gasteiger partial charge in [-0.3, -0.25) is 9.59 Å². The quantitative estimate of drug-likeness (QED) is 0.832. The van der Waals surface area contributed by atoms with Crippen molar-refractivity contribution in [3.63, 3.8) is 0 Å². The van der Waals surface area contributed by atoms with Crippen LogP contribution in [-0.4, -0.2) is 23.3 Å². The lowest BCUT2D eigenvalue weighted by molar-refractivity contribution is -0.134. The zero-order valence-corrected chi connectivity index (χ0v) is 13.0. The second-order valence-corrected chi connectivity index (χ2v) is 5.13. The highest BCUT2D eigenvalue weighted by Gasteiger charge is 2.16. The number of carbonyl (C=O) groups is 2. The van der Waals surface area contributed by atoms with E-state index >= 15 is 0 Å². The Morgan fingerprint density at radius 1 is 1.09 bits per heavy atom. The zero-order chi connectivity index (χ0) is 16.7. The third-order valence-electron chi connectivity index (χ3n) is 3.37. The highest BCUT2D eigenvalue weighted by Crippen LogP contribution is 2.10. The Labute approximate surface area is 134 Å². The molecule has 2 aromatic carbocycles. The van der Waals surface area contributed by atoms with Crippen LogP contribution in [0.5, 0.6) is 0 Å². The van der Waals surface area contributed by atoms with Crippen LogP contribution >= 0.6 is 0 Å². The van der Waals surface area contributed by atoms with E-state index in [1.807, 2.05) is 37.3 Å². The summed E-state index contributed by atoms with van der Waals surface area (Å²) in [5.74, 6) is -1.15. The van der Waals surface area contributed by atoms with E-state index in [-0.39, 0.29) is 12.3 Å². The van der Waals surface area contributed by atoms with Crippen LogP contribution in [0.2, 0.25) is 0 Å². The summed E-state index contributed by atoms with van der Waals surface area (Å²) in [7, 11) is 0. The molecule has 23 heavy (non-hydrogen) atoms. The van der Waals surface area contributed by atoms with E-state index in [1.54, 1.807) is 11.0 Å². The molecule has 0 radical (unpaired) electrons. The third kappa shape index (κ3) is 5.21. The molecule has 0 aliphatic heterocycles. The number of hydrogen-bond donors (Lipinski definition) is 1. The normalized spacial score (nSPS) is 10.2. The molecule has 1 N–H and O–H groups in total. The first-order valence-electron chi connectivity index (χ1n) is 7.45. The first kappa shape index (κ1) is 16.7. The molecule has 0 atom stereocenters. The van der Waals surface area contributed by atoms with Gasteiger partial charge in [0.2, 0.25) is 11.8 Å². The van der Waals surface area contributed by atoms with Crippen molar-refractivity contribution in [2.45, 2.75) is 19.9 Å². The van der Waals surface area contributed by atoms with Gasteiger partial charge in [0, 0.05) is 18.8 Å². The Bertz CT molecular complexity index is 674. The van der Waals surface area contributed by atoms with E-state index in [2.05, 4.69) is 5.32 Å². The summed E-state index contributed by atoms with van der Waals surface area (Å²) in [5.41, 5.74) is 1.35. The van der Waals surface area contributed by atoms with Gasteiger partial charge < -0.3 is 10.2 Å². The van der Waals surface area contributed by atoms with E-state index in [9.17, 15) is 14.0 Å². The summed E-state index contributed by atoms with van der Waals surface area (Å²) >= 11 is 0. The molecule has 4 nitrogen and oxygen atoms in total. The molecule has 0 saturated heterocycles. The van der Waals surface area contributed by atoms with Crippen molar-refractivity contribution < 1.29 is 14.0 Å². The van der Waals surface area contributed by atoms with Gasteiger partial charge in [-0.05, 0) is 30.7 Å². The fraction of sp³-hybridized carbons (Fsp3) is 0.222. The SMILES string of the molecule is CCN(Cc1ccccc1)C(=O)CC(=O)Nc1cccc(F)c1. The standard InChI is InChI=1S/C18H19FN2O2/c1-2-21(13-14-7-4-3-5-8-14)18(23)12-17(22)20-16-10-6-9-15(19)11-16/h3-11H,2,12-13H2,1H3,(H,20,22). The lowest BCUT2D eigenvalue weighted by Gasteiger charge is -2.20. The molecule has 0 heterocycles. The molecule has 0 aromatic heterocycles. The highest BCUT2D eigenvalue weighted by molar-refractivity contribution is 6.03. The topological polar surface area (TPSA) is 49.4 Å². The van der Waals surface area contributed by atoms with Crippen LogP contribution in [0.15, 0.2) is 54.6 Å². The highest BCUT2D eigenvalue weighted by atomic mass is 19.1. The van der Waals surface area contributed by atoms with E-state index in [0.717, 1.165) is 5.56 Å². The second kappa shape index (κ2) is 8.08. The zero-order valence-electron chi connectivity index (χ0n) is 13.0. The van der Waals surface area contributed by atoms with Crippen LogP contribution in [0.3, 0.4) is 0 Å². The minimum Gasteiger partial charge on any atom is -0.338 e. The molecular weight excluding hydrogens is 295 g/mol. The van der Waals surface area contributed by atoms with Gasteiger partial charge in [0.1, 0.15) is 12.2 Å². The summed E-state index contributed by atoms with van der Waals surface area (Å²) in [6.07, 6.45) is -0.267. The molecule has 120 valence electrons. The molecule has 0 saturated carbocycles.